The van der Waals surface area contributed by atoms with Gasteiger partial charge in [0.25, 0.3) is 6.08 Å². The molecular weight excluding hydrogens is 742 g/mol. The standard InChI is InChI=1S/C36H29F7N8O2S/c1-16(18-4-2-8-47-31(18)45)51-10-11-52-28-24-27(48-34(49-33(24)51)53-15-35-7-3-9-50(35)14-17(12-35)30(39)40)26(38)23(25(28)36(41,42)43)19-5-6-21(37)29-22(19)20(13-44)32(46)54-29/h2,4-6,8,16H,3,7,9-12,14-15,46H2,1H3,(H2,45,47)/t16-,35+/m1/s1. The monoisotopic (exact) mass is 770 g/mol. The number of benzene rings is 2. The van der Waals surface area contributed by atoms with Gasteiger partial charge in [-0.05, 0) is 50.4 Å². The molecule has 0 spiro atoms. The van der Waals surface area contributed by atoms with Crippen molar-refractivity contribution in [2.24, 2.45) is 0 Å². The molecule has 3 aromatic heterocycles. The molecule has 0 bridgehead atoms. The summed E-state index contributed by atoms with van der Waals surface area (Å²) in [5.74, 6) is -3.15. The molecule has 0 amide bonds. The van der Waals surface area contributed by atoms with Crippen LogP contribution in [0.3, 0.4) is 0 Å². The summed E-state index contributed by atoms with van der Waals surface area (Å²) in [6.45, 7) is 1.74. The Morgan fingerprint density at radius 2 is 1.94 bits per heavy atom. The minimum Gasteiger partial charge on any atom is -0.490 e. The van der Waals surface area contributed by atoms with E-state index < -0.39 is 74.8 Å². The largest absolute Gasteiger partial charge is 0.490 e. The quantitative estimate of drug-likeness (QED) is 0.164. The van der Waals surface area contributed by atoms with Gasteiger partial charge in [0, 0.05) is 34.8 Å². The molecule has 0 radical (unpaired) electrons. The van der Waals surface area contributed by atoms with Gasteiger partial charge in [0.2, 0.25) is 0 Å². The van der Waals surface area contributed by atoms with Crippen LogP contribution in [0.25, 0.3) is 32.1 Å². The number of ether oxygens (including phenoxy) is 2. The van der Waals surface area contributed by atoms with Gasteiger partial charge < -0.3 is 25.8 Å². The third-order valence-electron chi connectivity index (χ3n) is 10.5. The van der Waals surface area contributed by atoms with Crippen molar-refractivity contribution in [2.75, 3.05) is 49.2 Å². The number of nitrogens with two attached hydrogens (primary N) is 2. The maximum absolute atomic E-state index is 17.4. The summed E-state index contributed by atoms with van der Waals surface area (Å²) in [5.41, 5.74) is 7.88. The molecule has 280 valence electrons. The van der Waals surface area contributed by atoms with E-state index in [0.29, 0.717) is 29.9 Å². The summed E-state index contributed by atoms with van der Waals surface area (Å²) in [4.78, 5) is 16.5. The number of hydrogen-bond donors (Lipinski definition) is 2. The zero-order valence-corrected chi connectivity index (χ0v) is 29.1. The van der Waals surface area contributed by atoms with E-state index in [-0.39, 0.29) is 70.6 Å². The SMILES string of the molecule is C[C@H](c1cccnc1N)N1CCOc2c(C(F)(F)F)c(-c3ccc(F)c4sc(N)c(C#N)c34)c(F)c3nc(OC[C@@]45CCCN4CC(=C(F)F)C5)nc1c23. The molecule has 4 N–H and O–H groups in total. The molecule has 54 heavy (non-hydrogen) atoms. The number of anilines is 3. The number of alkyl halides is 3. The molecule has 10 nitrogen and oxygen atoms in total. The average Bonchev–Trinajstić information content (AvgIpc) is 3.76. The predicted molar refractivity (Wildman–Crippen MR) is 187 cm³/mol. The van der Waals surface area contributed by atoms with Crippen molar-refractivity contribution in [1.29, 1.82) is 5.26 Å². The molecule has 2 atom stereocenters. The third kappa shape index (κ3) is 5.51. The number of nitriles is 1. The first-order valence-corrected chi connectivity index (χ1v) is 17.6. The van der Waals surface area contributed by atoms with E-state index in [4.69, 9.17) is 20.9 Å². The second-order valence-electron chi connectivity index (χ2n) is 13.5. The molecule has 6 heterocycles. The number of hydrogen-bond acceptors (Lipinski definition) is 11. The number of halogens is 7. The Kier molecular flexibility index (Phi) is 8.49. The molecular formula is C36H29F7N8O2S. The van der Waals surface area contributed by atoms with Crippen molar-refractivity contribution in [1.82, 2.24) is 19.9 Å². The van der Waals surface area contributed by atoms with E-state index in [2.05, 4.69) is 15.0 Å². The normalized spacial score (nSPS) is 19.2. The van der Waals surface area contributed by atoms with Gasteiger partial charge in [-0.25, -0.2) is 13.8 Å². The maximum atomic E-state index is 17.4. The van der Waals surface area contributed by atoms with Crippen LogP contribution < -0.4 is 25.8 Å². The highest BCUT2D eigenvalue weighted by molar-refractivity contribution is 7.23. The summed E-state index contributed by atoms with van der Waals surface area (Å²) in [7, 11) is 0. The van der Waals surface area contributed by atoms with Gasteiger partial charge in [-0.3, -0.25) is 4.90 Å². The predicted octanol–water partition coefficient (Wildman–Crippen LogP) is 7.97. The van der Waals surface area contributed by atoms with Crippen LogP contribution in [0.1, 0.15) is 48.9 Å². The van der Waals surface area contributed by atoms with Crippen LogP contribution in [0.5, 0.6) is 11.8 Å². The Morgan fingerprint density at radius 3 is 2.67 bits per heavy atom. The van der Waals surface area contributed by atoms with Crippen molar-refractivity contribution in [3.8, 4) is 29.0 Å². The van der Waals surface area contributed by atoms with Crippen LogP contribution in [-0.4, -0.2) is 58.2 Å². The third-order valence-corrected chi connectivity index (χ3v) is 11.6. The van der Waals surface area contributed by atoms with Crippen molar-refractivity contribution >= 4 is 49.0 Å². The van der Waals surface area contributed by atoms with Gasteiger partial charge in [0.15, 0.2) is 5.82 Å². The number of nitrogen functional groups attached to an aromatic ring is 2. The number of aromatic nitrogens is 3. The fourth-order valence-electron chi connectivity index (χ4n) is 8.06. The summed E-state index contributed by atoms with van der Waals surface area (Å²) >= 11 is 0.644. The highest BCUT2D eigenvalue weighted by Gasteiger charge is 2.49. The summed E-state index contributed by atoms with van der Waals surface area (Å²) in [6.07, 6.45) is -4.30. The Morgan fingerprint density at radius 1 is 1.15 bits per heavy atom. The Hall–Kier alpha value is -5.41. The van der Waals surface area contributed by atoms with Crippen molar-refractivity contribution in [3.05, 3.63) is 70.4 Å². The lowest BCUT2D eigenvalue weighted by Gasteiger charge is -2.32. The van der Waals surface area contributed by atoms with Crippen molar-refractivity contribution < 1.29 is 40.2 Å². The number of pyridine rings is 1. The minimum atomic E-state index is -5.26. The van der Waals surface area contributed by atoms with Gasteiger partial charge in [0.1, 0.15) is 58.6 Å². The van der Waals surface area contributed by atoms with E-state index in [1.165, 1.54) is 6.20 Å². The summed E-state index contributed by atoms with van der Waals surface area (Å²) in [6, 6.07) is 5.83. The van der Waals surface area contributed by atoms with E-state index in [1.54, 1.807) is 24.0 Å². The fourth-order valence-corrected chi connectivity index (χ4v) is 9.01. The van der Waals surface area contributed by atoms with Crippen LogP contribution in [0.4, 0.5) is 47.4 Å². The summed E-state index contributed by atoms with van der Waals surface area (Å²) in [5, 5.41) is 9.03. The maximum Gasteiger partial charge on any atom is 0.420 e. The van der Waals surface area contributed by atoms with E-state index >= 15 is 22.0 Å². The van der Waals surface area contributed by atoms with E-state index in [1.807, 2.05) is 11.0 Å². The lowest BCUT2D eigenvalue weighted by molar-refractivity contribution is -0.138. The van der Waals surface area contributed by atoms with Crippen molar-refractivity contribution in [3.63, 3.8) is 0 Å². The molecule has 2 saturated heterocycles. The minimum absolute atomic E-state index is 0.0213. The van der Waals surface area contributed by atoms with Gasteiger partial charge in [0.05, 0.1) is 33.8 Å². The lowest BCUT2D eigenvalue weighted by Crippen LogP contribution is -2.43. The second-order valence-corrected chi connectivity index (χ2v) is 14.5. The first-order chi connectivity index (χ1) is 25.7. The molecule has 8 rings (SSSR count). The fraction of sp³-hybridized carbons (Fsp3) is 0.333. The number of nitrogens with zero attached hydrogens (tertiary/aromatic N) is 6. The Balaban J connectivity index is 1.40. The molecule has 0 unspecified atom stereocenters. The van der Waals surface area contributed by atoms with Gasteiger partial charge in [-0.15, -0.1) is 11.3 Å². The molecule has 0 aliphatic carbocycles. The first-order valence-electron chi connectivity index (χ1n) is 16.8. The second kappa shape index (κ2) is 12.9. The molecule has 2 aromatic carbocycles. The Bertz CT molecular complexity index is 2440. The summed E-state index contributed by atoms with van der Waals surface area (Å²) < 4.78 is 118. The molecule has 3 aliphatic rings. The molecule has 18 heteroatoms. The highest BCUT2D eigenvalue weighted by Crippen LogP contribution is 2.54. The van der Waals surface area contributed by atoms with Gasteiger partial charge in [-0.1, -0.05) is 12.1 Å². The van der Waals surface area contributed by atoms with Crippen LogP contribution >= 0.6 is 11.3 Å². The average molecular weight is 771 g/mol. The number of thiophene rings is 1. The highest BCUT2D eigenvalue weighted by atomic mass is 32.1. The smallest absolute Gasteiger partial charge is 0.420 e. The molecule has 0 saturated carbocycles. The van der Waals surface area contributed by atoms with Crippen LogP contribution in [0, 0.1) is 23.0 Å². The molecule has 5 aromatic rings. The molecule has 3 aliphatic heterocycles. The zero-order valence-electron chi connectivity index (χ0n) is 28.3. The van der Waals surface area contributed by atoms with Crippen LogP contribution in [0.2, 0.25) is 0 Å². The topological polar surface area (TPSA) is 139 Å². The number of fused-ring (bicyclic) bond motifs is 2. The van der Waals surface area contributed by atoms with E-state index in [0.717, 1.165) is 18.6 Å². The van der Waals surface area contributed by atoms with Crippen LogP contribution in [-0.2, 0) is 6.18 Å². The lowest BCUT2D eigenvalue weighted by atomic mass is 9.91. The van der Waals surface area contributed by atoms with Crippen LogP contribution in [0.15, 0.2) is 42.1 Å². The van der Waals surface area contributed by atoms with Gasteiger partial charge in [-0.2, -0.15) is 37.2 Å². The zero-order chi connectivity index (χ0) is 38.3. The first kappa shape index (κ1) is 35.6. The number of rotatable bonds is 6. The van der Waals surface area contributed by atoms with Crippen molar-refractivity contribution in [2.45, 2.75) is 43.9 Å². The molecule has 2 fully saturated rings. The van der Waals surface area contributed by atoms with Gasteiger partial charge >= 0.3 is 12.2 Å². The Labute approximate surface area is 306 Å². The van der Waals surface area contributed by atoms with E-state index in [9.17, 15) is 14.0 Å².